The predicted octanol–water partition coefficient (Wildman–Crippen LogP) is 1.56. The molecule has 0 aromatic carbocycles. The summed E-state index contributed by atoms with van der Waals surface area (Å²) in [6.07, 6.45) is 1.21. The van der Waals surface area contributed by atoms with E-state index in [0.29, 0.717) is 13.0 Å². The normalized spacial score (nSPS) is 17.5. The summed E-state index contributed by atoms with van der Waals surface area (Å²) in [4.78, 5) is 23.4. The molecular weight excluding hydrogens is 210 g/mol. The highest BCUT2D eigenvalue weighted by atomic mass is 16.6. The van der Waals surface area contributed by atoms with Gasteiger partial charge in [-0.05, 0) is 33.6 Å². The third-order valence-corrected chi connectivity index (χ3v) is 2.34. The van der Waals surface area contributed by atoms with Crippen LogP contribution in [-0.4, -0.2) is 42.3 Å². The van der Waals surface area contributed by atoms with Gasteiger partial charge in [-0.1, -0.05) is 0 Å². The van der Waals surface area contributed by atoms with Gasteiger partial charge in [-0.25, -0.2) is 4.79 Å². The summed E-state index contributed by atoms with van der Waals surface area (Å²) in [7, 11) is 1.64. The molecule has 1 saturated carbocycles. The predicted molar refractivity (Wildman–Crippen MR) is 58.0 cm³/mol. The molecule has 5 nitrogen and oxygen atoms in total. The second-order valence-electron chi connectivity index (χ2n) is 5.23. The number of hydrogen-bond donors (Lipinski definition) is 0. The van der Waals surface area contributed by atoms with E-state index in [0.717, 1.165) is 12.8 Å². The van der Waals surface area contributed by atoms with Gasteiger partial charge in [-0.2, -0.15) is 0 Å². The van der Waals surface area contributed by atoms with E-state index in [4.69, 9.17) is 9.47 Å². The van der Waals surface area contributed by atoms with Gasteiger partial charge in [0.15, 0.2) is 0 Å². The Kier molecular flexibility index (Phi) is 3.45. The molecule has 0 unspecified atom stereocenters. The molecule has 0 bridgehead atoms. The van der Waals surface area contributed by atoms with Gasteiger partial charge in [-0.15, -0.1) is 0 Å². The Balaban J connectivity index is 2.43. The van der Waals surface area contributed by atoms with Crippen LogP contribution >= 0.6 is 0 Å². The van der Waals surface area contributed by atoms with Crippen molar-refractivity contribution in [1.29, 1.82) is 0 Å². The number of carbonyl (C=O) groups is 2. The summed E-state index contributed by atoms with van der Waals surface area (Å²) in [6, 6.07) is 0. The molecule has 0 N–H and O–H groups in total. The quantitative estimate of drug-likeness (QED) is 0.686. The van der Waals surface area contributed by atoms with Crippen LogP contribution in [0.15, 0.2) is 0 Å². The summed E-state index contributed by atoms with van der Waals surface area (Å²) in [5.74, 6) is 0. The van der Waals surface area contributed by atoms with Gasteiger partial charge in [0.2, 0.25) is 0 Å². The Morgan fingerprint density at radius 2 is 2.00 bits per heavy atom. The summed E-state index contributed by atoms with van der Waals surface area (Å²) < 4.78 is 10.2. The Hall–Kier alpha value is -1.26. The molecule has 0 heterocycles. The van der Waals surface area contributed by atoms with Gasteiger partial charge >= 0.3 is 6.09 Å². The number of amides is 1. The Morgan fingerprint density at radius 1 is 1.44 bits per heavy atom. The highest BCUT2D eigenvalue weighted by Crippen LogP contribution is 2.39. The molecule has 0 saturated heterocycles. The zero-order valence-electron chi connectivity index (χ0n) is 10.3. The van der Waals surface area contributed by atoms with Crippen LogP contribution in [0.1, 0.15) is 33.6 Å². The lowest BCUT2D eigenvalue weighted by atomic mass is 10.2. The molecule has 1 aliphatic carbocycles. The van der Waals surface area contributed by atoms with Crippen molar-refractivity contribution in [2.75, 3.05) is 13.6 Å². The average Bonchev–Trinajstić information content (AvgIpc) is 2.82. The van der Waals surface area contributed by atoms with E-state index in [9.17, 15) is 9.59 Å². The maximum atomic E-state index is 11.6. The minimum atomic E-state index is -0.506. The SMILES string of the molecule is CN(CC1(OC=O)CC1)C(=O)OC(C)(C)C. The minimum absolute atomic E-state index is 0.390. The number of carbonyl (C=O) groups excluding carboxylic acids is 2. The van der Waals surface area contributed by atoms with Gasteiger partial charge < -0.3 is 14.4 Å². The standard InChI is InChI=1S/C11H19NO4/c1-10(2,3)16-9(14)12(4)7-11(5-6-11)15-8-13/h8H,5-7H2,1-4H3. The van der Waals surface area contributed by atoms with Gasteiger partial charge in [-0.3, -0.25) is 4.79 Å². The van der Waals surface area contributed by atoms with Crippen molar-refractivity contribution in [3.8, 4) is 0 Å². The molecule has 1 fully saturated rings. The van der Waals surface area contributed by atoms with Crippen LogP contribution in [0.4, 0.5) is 4.79 Å². The van der Waals surface area contributed by atoms with Crippen molar-refractivity contribution in [2.45, 2.75) is 44.8 Å². The van der Waals surface area contributed by atoms with E-state index in [1.807, 2.05) is 20.8 Å². The molecule has 5 heteroatoms. The molecule has 0 aromatic heterocycles. The number of nitrogens with zero attached hydrogens (tertiary/aromatic N) is 1. The highest BCUT2D eigenvalue weighted by Gasteiger charge is 2.47. The average molecular weight is 229 g/mol. The summed E-state index contributed by atoms with van der Waals surface area (Å²) in [5.41, 5.74) is -0.971. The van der Waals surface area contributed by atoms with E-state index in [-0.39, 0.29) is 0 Å². The van der Waals surface area contributed by atoms with Gasteiger partial charge in [0.25, 0.3) is 6.47 Å². The van der Waals surface area contributed by atoms with E-state index >= 15 is 0 Å². The Morgan fingerprint density at radius 3 is 2.38 bits per heavy atom. The zero-order chi connectivity index (χ0) is 12.4. The molecule has 0 spiro atoms. The third kappa shape index (κ3) is 3.72. The van der Waals surface area contributed by atoms with Crippen LogP contribution in [0.25, 0.3) is 0 Å². The largest absolute Gasteiger partial charge is 0.459 e. The zero-order valence-corrected chi connectivity index (χ0v) is 10.3. The Bertz CT molecular complexity index is 278. The molecule has 0 aliphatic heterocycles. The number of rotatable bonds is 4. The molecule has 0 radical (unpaired) electrons. The summed E-state index contributed by atoms with van der Waals surface area (Å²) >= 11 is 0. The molecule has 0 atom stereocenters. The second kappa shape index (κ2) is 4.31. The van der Waals surface area contributed by atoms with Crippen molar-refractivity contribution in [3.05, 3.63) is 0 Å². The van der Waals surface area contributed by atoms with Gasteiger partial charge in [0.1, 0.15) is 11.2 Å². The molecule has 1 rings (SSSR count). The maximum absolute atomic E-state index is 11.6. The second-order valence-corrected chi connectivity index (χ2v) is 5.23. The number of hydrogen-bond acceptors (Lipinski definition) is 4. The summed E-state index contributed by atoms with van der Waals surface area (Å²) in [6.45, 7) is 6.27. The van der Waals surface area contributed by atoms with E-state index in [2.05, 4.69) is 0 Å². The molecule has 92 valence electrons. The smallest absolute Gasteiger partial charge is 0.410 e. The third-order valence-electron chi connectivity index (χ3n) is 2.34. The first-order valence-electron chi connectivity index (χ1n) is 5.34. The lowest BCUT2D eigenvalue weighted by Crippen LogP contribution is -2.40. The molecule has 1 amide bonds. The first kappa shape index (κ1) is 12.8. The fraction of sp³-hybridized carbons (Fsp3) is 0.818. The van der Waals surface area contributed by atoms with Crippen LogP contribution in [-0.2, 0) is 14.3 Å². The maximum Gasteiger partial charge on any atom is 0.410 e. The lowest BCUT2D eigenvalue weighted by Gasteiger charge is -2.26. The van der Waals surface area contributed by atoms with Crippen LogP contribution in [0.3, 0.4) is 0 Å². The number of ether oxygens (including phenoxy) is 2. The molecular formula is C11H19NO4. The van der Waals surface area contributed by atoms with Crippen LogP contribution < -0.4 is 0 Å². The highest BCUT2D eigenvalue weighted by molar-refractivity contribution is 5.68. The van der Waals surface area contributed by atoms with Crippen LogP contribution in [0, 0.1) is 0 Å². The van der Waals surface area contributed by atoms with Crippen molar-refractivity contribution in [3.63, 3.8) is 0 Å². The monoisotopic (exact) mass is 229 g/mol. The fourth-order valence-corrected chi connectivity index (χ4v) is 1.39. The van der Waals surface area contributed by atoms with Crippen molar-refractivity contribution < 1.29 is 19.1 Å². The van der Waals surface area contributed by atoms with E-state index < -0.39 is 17.3 Å². The van der Waals surface area contributed by atoms with Crippen molar-refractivity contribution in [1.82, 2.24) is 4.90 Å². The fourth-order valence-electron chi connectivity index (χ4n) is 1.39. The lowest BCUT2D eigenvalue weighted by molar-refractivity contribution is -0.136. The van der Waals surface area contributed by atoms with Crippen LogP contribution in [0.5, 0.6) is 0 Å². The first-order valence-corrected chi connectivity index (χ1v) is 5.34. The first-order chi connectivity index (χ1) is 7.28. The van der Waals surface area contributed by atoms with E-state index in [1.54, 1.807) is 7.05 Å². The molecule has 0 aromatic rings. The summed E-state index contributed by atoms with van der Waals surface area (Å²) in [5, 5.41) is 0. The van der Waals surface area contributed by atoms with Crippen LogP contribution in [0.2, 0.25) is 0 Å². The van der Waals surface area contributed by atoms with Crippen molar-refractivity contribution in [2.24, 2.45) is 0 Å². The van der Waals surface area contributed by atoms with Gasteiger partial charge in [0, 0.05) is 7.05 Å². The number of likely N-dealkylation sites (N-methyl/N-ethyl adjacent to an activating group) is 1. The molecule has 16 heavy (non-hydrogen) atoms. The van der Waals surface area contributed by atoms with Crippen molar-refractivity contribution >= 4 is 12.6 Å². The Labute approximate surface area is 95.7 Å². The molecule has 1 aliphatic rings. The van der Waals surface area contributed by atoms with E-state index in [1.165, 1.54) is 4.90 Å². The topological polar surface area (TPSA) is 55.8 Å². The minimum Gasteiger partial charge on any atom is -0.459 e. The van der Waals surface area contributed by atoms with Gasteiger partial charge in [0.05, 0.1) is 6.54 Å².